The minimum absolute atomic E-state index is 0.0186. The van der Waals surface area contributed by atoms with Gasteiger partial charge in [0.15, 0.2) is 0 Å². The van der Waals surface area contributed by atoms with E-state index in [9.17, 15) is 18.0 Å². The highest BCUT2D eigenvalue weighted by atomic mass is 32.2. The lowest BCUT2D eigenvalue weighted by molar-refractivity contribution is -0.156. The van der Waals surface area contributed by atoms with E-state index < -0.39 is 39.6 Å². The summed E-state index contributed by atoms with van der Waals surface area (Å²) in [4.78, 5) is 25.5. The molecule has 0 saturated carbocycles. The first-order chi connectivity index (χ1) is 17.4. The molecule has 3 aromatic carbocycles. The van der Waals surface area contributed by atoms with Crippen LogP contribution in [0.2, 0.25) is 0 Å². The predicted octanol–water partition coefficient (Wildman–Crippen LogP) is 4.34. The molecule has 0 radical (unpaired) electrons. The Balaban J connectivity index is 1.78. The minimum atomic E-state index is -4.02. The molecule has 0 amide bonds. The van der Waals surface area contributed by atoms with Crippen molar-refractivity contribution in [1.82, 2.24) is 0 Å². The number of esters is 2. The van der Waals surface area contributed by atoms with E-state index in [1.807, 2.05) is 30.3 Å². The summed E-state index contributed by atoms with van der Waals surface area (Å²) < 4.78 is 41.1. The summed E-state index contributed by atoms with van der Waals surface area (Å²) in [7, 11) is -4.02. The van der Waals surface area contributed by atoms with E-state index >= 15 is 0 Å². The molecular weight excluding hydrogens is 494 g/mol. The molecule has 0 aromatic heterocycles. The zero-order valence-corrected chi connectivity index (χ0v) is 21.8. The Hall–Kier alpha value is -3.69. The second kappa shape index (κ2) is 12.0. The molecule has 3 rings (SSSR count). The summed E-state index contributed by atoms with van der Waals surface area (Å²) in [5.74, 6) is -1.91. The van der Waals surface area contributed by atoms with Gasteiger partial charge in [0.2, 0.25) is 0 Å². The van der Waals surface area contributed by atoms with Crippen molar-refractivity contribution in [3.63, 3.8) is 0 Å². The molecule has 2 atom stereocenters. The Morgan fingerprint density at radius 1 is 0.865 bits per heavy atom. The van der Waals surface area contributed by atoms with Crippen molar-refractivity contribution in [3.8, 4) is 5.75 Å². The molecule has 3 aromatic rings. The van der Waals surface area contributed by atoms with Crippen LogP contribution in [0, 0.1) is 0 Å². The van der Waals surface area contributed by atoms with Crippen LogP contribution in [0.25, 0.3) is 0 Å². The van der Waals surface area contributed by atoms with Crippen molar-refractivity contribution in [3.05, 3.63) is 96.1 Å². The van der Waals surface area contributed by atoms with Crippen molar-refractivity contribution < 1.29 is 31.7 Å². The highest BCUT2D eigenvalue weighted by Gasteiger charge is 2.31. The van der Waals surface area contributed by atoms with Crippen LogP contribution >= 0.6 is 0 Å². The molecule has 0 aliphatic heterocycles. The lowest BCUT2D eigenvalue weighted by atomic mass is 9.88. The van der Waals surface area contributed by atoms with Crippen LogP contribution in [0.3, 0.4) is 0 Å². The van der Waals surface area contributed by atoms with E-state index in [1.54, 1.807) is 51.1 Å². The number of carbonyl (C=O) groups is 2. The zero-order chi connectivity index (χ0) is 27.1. The average molecular weight is 526 g/mol. The summed E-state index contributed by atoms with van der Waals surface area (Å²) in [5.41, 5.74) is 6.88. The molecule has 0 aliphatic rings. The largest absolute Gasteiger partial charge is 0.460 e. The molecule has 0 bridgehead atoms. The van der Waals surface area contributed by atoms with E-state index in [4.69, 9.17) is 19.4 Å². The number of ether oxygens (including phenoxy) is 2. The number of rotatable bonds is 10. The van der Waals surface area contributed by atoms with E-state index in [0.29, 0.717) is 5.56 Å². The molecule has 0 heterocycles. The van der Waals surface area contributed by atoms with Gasteiger partial charge in [0, 0.05) is 5.92 Å². The fourth-order valence-corrected chi connectivity index (χ4v) is 4.49. The van der Waals surface area contributed by atoms with Crippen LogP contribution in [0.4, 0.5) is 0 Å². The Labute approximate surface area is 217 Å². The second-order valence-electron chi connectivity index (χ2n) is 9.44. The fraction of sp³-hybridized carbons (Fsp3) is 0.286. The molecule has 9 heteroatoms. The molecule has 0 aliphatic carbocycles. The van der Waals surface area contributed by atoms with Crippen molar-refractivity contribution in [2.24, 2.45) is 5.73 Å². The van der Waals surface area contributed by atoms with Gasteiger partial charge in [0.05, 0.1) is 6.42 Å². The molecule has 2 unspecified atom stereocenters. The third-order valence-corrected chi connectivity index (χ3v) is 6.54. The Bertz CT molecular complexity index is 1290. The SMILES string of the molecule is CC(C)(C)OC(=O)CC(c1ccc(OS(=O)(=O)c2ccccc2)cc1)C(N)C(=O)OCc1ccccc1. The Kier molecular flexibility index (Phi) is 9.07. The third-order valence-electron chi connectivity index (χ3n) is 5.28. The van der Waals surface area contributed by atoms with Gasteiger partial charge in [-0.3, -0.25) is 9.59 Å². The highest BCUT2D eigenvalue weighted by molar-refractivity contribution is 7.87. The maximum Gasteiger partial charge on any atom is 0.339 e. The van der Waals surface area contributed by atoms with Gasteiger partial charge < -0.3 is 19.4 Å². The summed E-state index contributed by atoms with van der Waals surface area (Å²) in [6.07, 6.45) is -0.179. The number of hydrogen-bond donors (Lipinski definition) is 1. The van der Waals surface area contributed by atoms with Gasteiger partial charge in [-0.15, -0.1) is 0 Å². The number of carbonyl (C=O) groups excluding carboxylic acids is 2. The molecular formula is C28H31NO7S. The van der Waals surface area contributed by atoms with Crippen LogP contribution in [0.1, 0.15) is 44.2 Å². The van der Waals surface area contributed by atoms with Crippen LogP contribution in [-0.4, -0.2) is 32.0 Å². The minimum Gasteiger partial charge on any atom is -0.460 e. The maximum atomic E-state index is 12.8. The van der Waals surface area contributed by atoms with E-state index in [1.165, 1.54) is 24.3 Å². The molecule has 37 heavy (non-hydrogen) atoms. The highest BCUT2D eigenvalue weighted by Crippen LogP contribution is 2.28. The van der Waals surface area contributed by atoms with Crippen molar-refractivity contribution in [1.29, 1.82) is 0 Å². The number of nitrogens with two attached hydrogens (primary N) is 1. The average Bonchev–Trinajstić information content (AvgIpc) is 2.86. The summed E-state index contributed by atoms with van der Waals surface area (Å²) >= 11 is 0. The normalized spacial score (nSPS) is 13.3. The number of benzene rings is 3. The van der Waals surface area contributed by atoms with Crippen molar-refractivity contribution in [2.75, 3.05) is 0 Å². The lowest BCUT2D eigenvalue weighted by Crippen LogP contribution is -2.40. The van der Waals surface area contributed by atoms with E-state index in [-0.39, 0.29) is 23.7 Å². The third kappa shape index (κ3) is 8.44. The fourth-order valence-electron chi connectivity index (χ4n) is 3.54. The lowest BCUT2D eigenvalue weighted by Gasteiger charge is -2.25. The van der Waals surface area contributed by atoms with Gasteiger partial charge >= 0.3 is 22.1 Å². The van der Waals surface area contributed by atoms with Gasteiger partial charge in [0.25, 0.3) is 0 Å². The molecule has 0 fully saturated rings. The van der Waals surface area contributed by atoms with Crippen LogP contribution in [-0.2, 0) is 35.8 Å². The van der Waals surface area contributed by atoms with Crippen LogP contribution in [0.15, 0.2) is 89.8 Å². The Morgan fingerprint density at radius 3 is 2.00 bits per heavy atom. The van der Waals surface area contributed by atoms with Crippen LogP contribution in [0.5, 0.6) is 5.75 Å². The second-order valence-corrected chi connectivity index (χ2v) is 11.0. The summed E-state index contributed by atoms with van der Waals surface area (Å²) in [6, 6.07) is 21.8. The monoisotopic (exact) mass is 525 g/mol. The molecule has 196 valence electrons. The van der Waals surface area contributed by atoms with Crippen molar-refractivity contribution >= 4 is 22.1 Å². The topological polar surface area (TPSA) is 122 Å². The number of hydrogen-bond acceptors (Lipinski definition) is 8. The Morgan fingerprint density at radius 2 is 1.43 bits per heavy atom. The first-order valence-corrected chi connectivity index (χ1v) is 13.1. The first kappa shape index (κ1) is 27.9. The van der Waals surface area contributed by atoms with E-state index in [0.717, 1.165) is 5.56 Å². The standard InChI is InChI=1S/C28H31NO7S/c1-28(2,3)35-25(30)18-24(26(29)27(31)34-19-20-10-6-4-7-11-20)21-14-16-22(17-15-21)36-37(32,33)23-12-8-5-9-13-23/h4-17,24,26H,18-19,29H2,1-3H3. The molecule has 0 saturated heterocycles. The van der Waals surface area contributed by atoms with E-state index in [2.05, 4.69) is 0 Å². The molecule has 0 spiro atoms. The zero-order valence-electron chi connectivity index (χ0n) is 21.0. The van der Waals surface area contributed by atoms with Gasteiger partial charge in [-0.2, -0.15) is 8.42 Å². The summed E-state index contributed by atoms with van der Waals surface area (Å²) in [5, 5.41) is 0. The predicted molar refractivity (Wildman–Crippen MR) is 138 cm³/mol. The smallest absolute Gasteiger partial charge is 0.339 e. The molecule has 2 N–H and O–H groups in total. The maximum absolute atomic E-state index is 12.8. The van der Waals surface area contributed by atoms with Gasteiger partial charge in [-0.25, -0.2) is 0 Å². The first-order valence-electron chi connectivity index (χ1n) is 11.7. The van der Waals surface area contributed by atoms with Gasteiger partial charge in [-0.05, 0) is 56.2 Å². The van der Waals surface area contributed by atoms with Crippen molar-refractivity contribution in [2.45, 2.75) is 56.3 Å². The quantitative estimate of drug-likeness (QED) is 0.306. The molecule has 8 nitrogen and oxygen atoms in total. The van der Waals surface area contributed by atoms with Gasteiger partial charge in [0.1, 0.15) is 28.9 Å². The summed E-state index contributed by atoms with van der Waals surface area (Å²) in [6.45, 7) is 5.27. The van der Waals surface area contributed by atoms with Crippen LogP contribution < -0.4 is 9.92 Å². The van der Waals surface area contributed by atoms with Gasteiger partial charge in [-0.1, -0.05) is 60.7 Å².